The summed E-state index contributed by atoms with van der Waals surface area (Å²) in [6.45, 7) is 10.1. The normalized spacial score (nSPS) is 18.3. The van der Waals surface area contributed by atoms with Crippen LogP contribution in [0.25, 0.3) is 0 Å². The van der Waals surface area contributed by atoms with Gasteiger partial charge in [-0.3, -0.25) is 4.79 Å². The first-order chi connectivity index (χ1) is 8.98. The Kier molecular flexibility index (Phi) is 6.60. The Balaban J connectivity index is 2.55. The molecule has 0 aliphatic heterocycles. The van der Waals surface area contributed by atoms with E-state index in [1.165, 1.54) is 25.7 Å². The van der Waals surface area contributed by atoms with Crippen LogP contribution in [0.3, 0.4) is 0 Å². The molecule has 0 saturated heterocycles. The van der Waals surface area contributed by atoms with Crippen molar-refractivity contribution in [2.75, 3.05) is 0 Å². The van der Waals surface area contributed by atoms with Crippen molar-refractivity contribution in [2.24, 2.45) is 11.8 Å². The van der Waals surface area contributed by atoms with Crippen LogP contribution < -0.4 is 5.32 Å². The summed E-state index contributed by atoms with van der Waals surface area (Å²) in [6.07, 6.45) is 11.2. The predicted octanol–water partition coefficient (Wildman–Crippen LogP) is 4.45. The van der Waals surface area contributed by atoms with Gasteiger partial charge in [0.1, 0.15) is 0 Å². The van der Waals surface area contributed by atoms with Gasteiger partial charge < -0.3 is 5.32 Å². The molecular weight excluding hydrogens is 234 g/mol. The number of carbonyl (C=O) groups is 1. The van der Waals surface area contributed by atoms with Crippen molar-refractivity contribution in [3.05, 3.63) is 12.7 Å². The van der Waals surface area contributed by atoms with E-state index in [0.717, 1.165) is 31.6 Å². The van der Waals surface area contributed by atoms with Gasteiger partial charge in [0.05, 0.1) is 0 Å². The predicted molar refractivity (Wildman–Crippen MR) is 82.0 cm³/mol. The standard InChI is InChI=1S/C17H31NO/c1-5-7-12-15(13-14-10-8-9-11-14)16(19)18-17(3,4)6-2/h5,14-15H,1,6-13H2,2-4H3,(H,18,19). The van der Waals surface area contributed by atoms with Crippen molar-refractivity contribution >= 4 is 5.91 Å². The molecule has 1 atom stereocenters. The van der Waals surface area contributed by atoms with E-state index in [0.29, 0.717) is 0 Å². The van der Waals surface area contributed by atoms with Gasteiger partial charge in [-0.2, -0.15) is 0 Å². The summed E-state index contributed by atoms with van der Waals surface area (Å²) in [5.74, 6) is 1.19. The fraction of sp³-hybridized carbons (Fsp3) is 0.824. The minimum atomic E-state index is -0.0841. The van der Waals surface area contributed by atoms with Gasteiger partial charge in [-0.25, -0.2) is 0 Å². The summed E-state index contributed by atoms with van der Waals surface area (Å²) < 4.78 is 0. The third-order valence-electron chi connectivity index (χ3n) is 4.53. The third-order valence-corrected chi connectivity index (χ3v) is 4.53. The maximum atomic E-state index is 12.5. The van der Waals surface area contributed by atoms with Gasteiger partial charge in [0.2, 0.25) is 5.91 Å². The Hall–Kier alpha value is -0.790. The molecule has 0 aromatic heterocycles. The number of amides is 1. The second kappa shape index (κ2) is 7.72. The molecule has 1 aliphatic carbocycles. The molecule has 0 aromatic carbocycles. The SMILES string of the molecule is C=CCCC(CC1CCCC1)C(=O)NC(C)(C)CC. The van der Waals surface area contributed by atoms with Crippen LogP contribution in [0, 0.1) is 11.8 Å². The molecule has 1 rings (SSSR count). The average Bonchev–Trinajstić information content (AvgIpc) is 2.86. The molecule has 110 valence electrons. The van der Waals surface area contributed by atoms with E-state index in [1.807, 2.05) is 6.08 Å². The zero-order chi connectivity index (χ0) is 14.3. The largest absolute Gasteiger partial charge is 0.351 e. The van der Waals surface area contributed by atoms with Crippen LogP contribution in [0.5, 0.6) is 0 Å². The topological polar surface area (TPSA) is 29.1 Å². The van der Waals surface area contributed by atoms with Crippen LogP contribution >= 0.6 is 0 Å². The molecule has 0 radical (unpaired) electrons. The van der Waals surface area contributed by atoms with Crippen LogP contribution in [0.2, 0.25) is 0 Å². The van der Waals surface area contributed by atoms with Gasteiger partial charge in [0.25, 0.3) is 0 Å². The van der Waals surface area contributed by atoms with Crippen LogP contribution in [0.1, 0.15) is 72.1 Å². The van der Waals surface area contributed by atoms with Crippen molar-refractivity contribution in [1.29, 1.82) is 0 Å². The molecule has 0 aromatic rings. The van der Waals surface area contributed by atoms with E-state index in [2.05, 4.69) is 32.7 Å². The molecule has 1 unspecified atom stereocenters. The summed E-state index contributed by atoms with van der Waals surface area (Å²) in [5.41, 5.74) is -0.0841. The Bertz CT molecular complexity index is 290. The van der Waals surface area contributed by atoms with Crippen LogP contribution in [-0.4, -0.2) is 11.4 Å². The molecule has 2 nitrogen and oxygen atoms in total. The summed E-state index contributed by atoms with van der Waals surface area (Å²) in [6, 6.07) is 0. The number of nitrogens with one attached hydrogen (secondary N) is 1. The van der Waals surface area contributed by atoms with Crippen molar-refractivity contribution in [1.82, 2.24) is 5.32 Å². The Morgan fingerprint density at radius 3 is 2.58 bits per heavy atom. The first kappa shape index (κ1) is 16.3. The maximum Gasteiger partial charge on any atom is 0.223 e. The monoisotopic (exact) mass is 265 g/mol. The lowest BCUT2D eigenvalue weighted by Gasteiger charge is -2.28. The lowest BCUT2D eigenvalue weighted by Crippen LogP contribution is -2.46. The lowest BCUT2D eigenvalue weighted by molar-refractivity contribution is -0.127. The highest BCUT2D eigenvalue weighted by molar-refractivity contribution is 5.79. The number of allylic oxidation sites excluding steroid dienone is 1. The first-order valence-electron chi connectivity index (χ1n) is 7.91. The van der Waals surface area contributed by atoms with Crippen molar-refractivity contribution in [3.8, 4) is 0 Å². The number of hydrogen-bond donors (Lipinski definition) is 1. The maximum absolute atomic E-state index is 12.5. The van der Waals surface area contributed by atoms with Gasteiger partial charge in [0.15, 0.2) is 0 Å². The molecule has 1 saturated carbocycles. The van der Waals surface area contributed by atoms with Gasteiger partial charge in [0, 0.05) is 11.5 Å². The molecule has 1 aliphatic rings. The summed E-state index contributed by atoms with van der Waals surface area (Å²) in [7, 11) is 0. The molecule has 0 bridgehead atoms. The number of hydrogen-bond acceptors (Lipinski definition) is 1. The van der Waals surface area contributed by atoms with Gasteiger partial charge >= 0.3 is 0 Å². The van der Waals surface area contributed by atoms with Crippen molar-refractivity contribution in [2.45, 2.75) is 77.7 Å². The zero-order valence-electron chi connectivity index (χ0n) is 13.0. The number of carbonyl (C=O) groups excluding carboxylic acids is 1. The average molecular weight is 265 g/mol. The van der Waals surface area contributed by atoms with E-state index < -0.39 is 0 Å². The summed E-state index contributed by atoms with van der Waals surface area (Å²) >= 11 is 0. The number of rotatable bonds is 8. The first-order valence-corrected chi connectivity index (χ1v) is 7.91. The molecule has 1 N–H and O–H groups in total. The fourth-order valence-corrected chi connectivity index (χ4v) is 2.85. The molecule has 1 amide bonds. The lowest BCUT2D eigenvalue weighted by atomic mass is 9.88. The fourth-order valence-electron chi connectivity index (χ4n) is 2.85. The van der Waals surface area contributed by atoms with E-state index >= 15 is 0 Å². The van der Waals surface area contributed by atoms with E-state index in [1.54, 1.807) is 0 Å². The Morgan fingerprint density at radius 2 is 2.05 bits per heavy atom. The third kappa shape index (κ3) is 5.80. The van der Waals surface area contributed by atoms with Gasteiger partial charge in [-0.1, -0.05) is 38.7 Å². The van der Waals surface area contributed by atoms with Crippen LogP contribution in [-0.2, 0) is 4.79 Å². The van der Waals surface area contributed by atoms with E-state index in [-0.39, 0.29) is 17.4 Å². The van der Waals surface area contributed by atoms with E-state index in [9.17, 15) is 4.79 Å². The highest BCUT2D eigenvalue weighted by Crippen LogP contribution is 2.32. The van der Waals surface area contributed by atoms with Crippen molar-refractivity contribution < 1.29 is 4.79 Å². The molecule has 1 fully saturated rings. The second-order valence-corrected chi connectivity index (χ2v) is 6.68. The van der Waals surface area contributed by atoms with Crippen molar-refractivity contribution in [3.63, 3.8) is 0 Å². The smallest absolute Gasteiger partial charge is 0.223 e. The Labute approximate surface area is 119 Å². The van der Waals surface area contributed by atoms with Gasteiger partial charge in [-0.15, -0.1) is 6.58 Å². The zero-order valence-corrected chi connectivity index (χ0v) is 13.0. The Morgan fingerprint density at radius 1 is 1.42 bits per heavy atom. The molecule has 0 spiro atoms. The highest BCUT2D eigenvalue weighted by atomic mass is 16.2. The molecule has 0 heterocycles. The minimum absolute atomic E-state index is 0.0841. The van der Waals surface area contributed by atoms with Crippen LogP contribution in [0.15, 0.2) is 12.7 Å². The quantitative estimate of drug-likeness (QED) is 0.645. The molecular formula is C17H31NO. The summed E-state index contributed by atoms with van der Waals surface area (Å²) in [5, 5.41) is 3.22. The minimum Gasteiger partial charge on any atom is -0.351 e. The second-order valence-electron chi connectivity index (χ2n) is 6.68. The molecule has 2 heteroatoms. The summed E-state index contributed by atoms with van der Waals surface area (Å²) in [4.78, 5) is 12.5. The molecule has 19 heavy (non-hydrogen) atoms. The van der Waals surface area contributed by atoms with E-state index in [4.69, 9.17) is 0 Å². The van der Waals surface area contributed by atoms with Crippen LogP contribution in [0.4, 0.5) is 0 Å². The van der Waals surface area contributed by atoms with Gasteiger partial charge in [-0.05, 0) is 45.4 Å². The highest BCUT2D eigenvalue weighted by Gasteiger charge is 2.27.